The van der Waals surface area contributed by atoms with Gasteiger partial charge >= 0.3 is 5.97 Å². The highest BCUT2D eigenvalue weighted by Crippen LogP contribution is 2.41. The number of hydrogen-bond donors (Lipinski definition) is 8. The lowest BCUT2D eigenvalue weighted by atomic mass is 9.76. The van der Waals surface area contributed by atoms with E-state index >= 15 is 0 Å². The lowest BCUT2D eigenvalue weighted by molar-refractivity contribution is -0.137. The van der Waals surface area contributed by atoms with Crippen molar-refractivity contribution in [3.63, 3.8) is 0 Å². The summed E-state index contributed by atoms with van der Waals surface area (Å²) in [5, 5.41) is 73.2. The normalized spacial score (nSPS) is 24.8. The van der Waals surface area contributed by atoms with Crippen molar-refractivity contribution in [3.05, 3.63) is 187 Å². The van der Waals surface area contributed by atoms with Gasteiger partial charge in [-0.25, -0.2) is 0 Å². The van der Waals surface area contributed by atoms with Crippen molar-refractivity contribution < 1.29 is 112 Å². The Balaban J connectivity index is 0.000000536. The minimum absolute atomic E-state index is 0.00984. The summed E-state index contributed by atoms with van der Waals surface area (Å²) < 4.78 is 52.0. The van der Waals surface area contributed by atoms with Crippen LogP contribution in [0, 0.1) is 59.2 Å². The number of carboxylic acid groups (broad SMARTS) is 1. The lowest BCUT2D eigenvalue weighted by Gasteiger charge is -2.34. The fourth-order valence-corrected chi connectivity index (χ4v) is 16.1. The molecule has 0 bridgehead atoms. The summed E-state index contributed by atoms with van der Waals surface area (Å²) in [5.41, 5.74) is 11.8. The zero-order chi connectivity index (χ0) is 95.4. The number of ketones is 5. The molecule has 0 aliphatic heterocycles. The van der Waals surface area contributed by atoms with Crippen molar-refractivity contribution in [2.75, 3.05) is 84.8 Å². The highest BCUT2D eigenvalue weighted by atomic mass is 16.5. The molecule has 1 aromatic carbocycles. The SMILES string of the molecule is CNC1=C(OC)C(O)C(C/C=C(\C)CC/C=C(\C)CCC=C(C)C)C(C)C1=O.COC1=C(OC)C(O)C(C/C=C(\C)CC/C=C(\C)CCCC(C)(C)OC)C(C)C1=O.COC1=C(OC)C(O)C(C/C=C(\C)CCC(=O)O)C(C)C1=O.COC1=C(OC)C(O)C(C/C=C(\C)CCCO)C(C)C1=O.COC1=C(OC)C(O)C(C/C=C(\C)CCc2ccccc2)C(C)C1=O. The van der Waals surface area contributed by atoms with Crippen LogP contribution >= 0.6 is 0 Å². The standard InChI is InChI=1S/C25H42O5.C24H39NO3.C21H28O4.C16H24O6.C16H26O5/c1-17(13-10-16-25(4,5)30-8)11-9-12-18(2)14-15-20-19(3)21(26)23(28-6)24(29-7)22(20)27;1-16(2)10-8-11-17(3)12-9-13-18(4)14-15-20-19(5)22(26)21(25-6)24(28-7)23(20)27;1-14(10-12-16-8-6-5-7-9-16)11-13-17-15(2)18(22)20(24-3)21(25-4)19(17)23;1-9(6-8-12(17)18)5-7-11-10(2)13(19)15(21-3)16(22-4)14(11)20;1-10(6-5-9-17)7-8-12-11(2)13(18)15(20-3)16(21-4)14(12)19/h11,14,19-20,22,27H,9-10,12-13,15-16H2,1-8H3;10,12,14,19-20,23,25,27H,8-9,11,13,15H2,1-7H3;5-9,11,15,17,19,23H,10,12-13H2,1-4H3;5,10-11,14,20H,6-8H2,1-4H3,(H,17,18);7,11-12,14,17,19H,5-6,8-9H2,1-4H3/b17-11+,18-14+;17-12+,18-14+;14-11+;9-5+;10-7+. The molecule has 24 nitrogen and oxygen atoms in total. The molecule has 0 spiro atoms. The number of benzene rings is 1. The number of nitrogens with one attached hydrogen (secondary N) is 1. The fraction of sp³-hybridized carbons (Fsp3) is 0.627. The highest BCUT2D eigenvalue weighted by Gasteiger charge is 2.47. The van der Waals surface area contributed by atoms with Gasteiger partial charge in [0.2, 0.25) is 46.2 Å². The molecule has 5 aliphatic carbocycles. The van der Waals surface area contributed by atoms with E-state index in [0.717, 1.165) is 94.6 Å². The van der Waals surface area contributed by atoms with Crippen LogP contribution in [0.5, 0.6) is 0 Å². The number of likely N-dealkylation sites (N-methyl/N-ethyl adjacent to an activating group) is 1. The van der Waals surface area contributed by atoms with E-state index in [1.54, 1.807) is 28.0 Å². The van der Waals surface area contributed by atoms with Crippen LogP contribution in [-0.4, -0.2) is 192 Å². The molecule has 0 fully saturated rings. The van der Waals surface area contributed by atoms with E-state index in [-0.39, 0.29) is 147 Å². The van der Waals surface area contributed by atoms with Gasteiger partial charge in [-0.2, -0.15) is 0 Å². The van der Waals surface area contributed by atoms with E-state index in [4.69, 9.17) is 57.6 Å². The van der Waals surface area contributed by atoms with Crippen molar-refractivity contribution in [3.8, 4) is 0 Å². The van der Waals surface area contributed by atoms with E-state index in [1.165, 1.54) is 103 Å². The molecule has 710 valence electrons. The molecule has 15 atom stereocenters. The molecule has 0 aromatic heterocycles. The third-order valence-electron chi connectivity index (χ3n) is 25.0. The molecule has 1 aromatic rings. The molecule has 0 saturated heterocycles. The number of rotatable bonds is 43. The largest absolute Gasteiger partial charge is 0.496 e. The van der Waals surface area contributed by atoms with Crippen LogP contribution in [-0.2, 0) is 82.6 Å². The Kier molecular flexibility index (Phi) is 52.9. The summed E-state index contributed by atoms with van der Waals surface area (Å²) in [4.78, 5) is 72.6. The number of carboxylic acids is 1. The second kappa shape index (κ2) is 58.8. The smallest absolute Gasteiger partial charge is 0.303 e. The first kappa shape index (κ1) is 113. The second-order valence-corrected chi connectivity index (χ2v) is 34.9. The molecule has 6 rings (SSSR count). The highest BCUT2D eigenvalue weighted by molar-refractivity contribution is 5.99. The summed E-state index contributed by atoms with van der Waals surface area (Å²) in [6, 6.07) is 10.4. The van der Waals surface area contributed by atoms with Gasteiger partial charge in [-0.05, 0) is 204 Å². The number of aliphatic hydroxyl groups excluding tert-OH is 6. The Morgan fingerprint density at radius 3 is 0.960 bits per heavy atom. The van der Waals surface area contributed by atoms with Gasteiger partial charge in [0.1, 0.15) is 36.2 Å². The topological polar surface area (TPSA) is 348 Å². The molecule has 126 heavy (non-hydrogen) atoms. The van der Waals surface area contributed by atoms with Gasteiger partial charge in [-0.15, -0.1) is 0 Å². The van der Waals surface area contributed by atoms with Crippen molar-refractivity contribution >= 4 is 34.9 Å². The average molecular weight is 1770 g/mol. The zero-order valence-corrected chi connectivity index (χ0v) is 81.2. The Morgan fingerprint density at radius 1 is 0.373 bits per heavy atom. The van der Waals surface area contributed by atoms with Crippen LogP contribution in [0.25, 0.3) is 0 Å². The number of carbonyl (C=O) groups is 6. The van der Waals surface area contributed by atoms with Gasteiger partial charge < -0.3 is 88.4 Å². The Bertz CT molecular complexity index is 4060. The molecular formula is C102H159NO23. The summed E-state index contributed by atoms with van der Waals surface area (Å²) in [6.45, 7) is 32.4. The fourth-order valence-electron chi connectivity index (χ4n) is 16.1. The number of Topliss-reactive ketones (excluding diaryl/α,β-unsaturated/α-hetero) is 5. The monoisotopic (exact) mass is 1770 g/mol. The van der Waals surface area contributed by atoms with Crippen molar-refractivity contribution in [2.45, 2.75) is 275 Å². The van der Waals surface area contributed by atoms with Crippen LogP contribution in [0.3, 0.4) is 0 Å². The summed E-state index contributed by atoms with van der Waals surface area (Å²) >= 11 is 0. The summed E-state index contributed by atoms with van der Waals surface area (Å²) in [7, 11) is 16.4. The number of methoxy groups -OCH3 is 10. The maximum atomic E-state index is 12.6. The summed E-state index contributed by atoms with van der Waals surface area (Å²) in [6.07, 6.45) is 29.6. The number of ether oxygens (including phenoxy) is 10. The Hall–Kier alpha value is -8.62. The molecule has 8 N–H and O–H groups in total. The van der Waals surface area contributed by atoms with Crippen molar-refractivity contribution in [1.82, 2.24) is 5.32 Å². The first-order valence-electron chi connectivity index (χ1n) is 44.6. The van der Waals surface area contributed by atoms with Crippen molar-refractivity contribution in [2.24, 2.45) is 59.2 Å². The quantitative estimate of drug-likeness (QED) is 0.0282. The number of aryl methyl sites for hydroxylation is 1. The average Bonchev–Trinajstić information content (AvgIpc) is 0.813. The lowest BCUT2D eigenvalue weighted by Crippen LogP contribution is -2.42. The predicted octanol–water partition coefficient (Wildman–Crippen LogP) is 17.8. The molecule has 0 heterocycles. The van der Waals surface area contributed by atoms with Gasteiger partial charge in [-0.3, -0.25) is 28.8 Å². The van der Waals surface area contributed by atoms with Gasteiger partial charge in [-0.1, -0.05) is 158 Å². The van der Waals surface area contributed by atoms with Gasteiger partial charge in [0.25, 0.3) is 0 Å². The van der Waals surface area contributed by atoms with E-state index < -0.39 is 42.4 Å². The molecule has 5 aliphatic rings. The third kappa shape index (κ3) is 35.4. The number of aliphatic hydroxyl groups is 6. The van der Waals surface area contributed by atoms with Crippen molar-refractivity contribution in [1.29, 1.82) is 0 Å². The zero-order valence-electron chi connectivity index (χ0n) is 81.2. The van der Waals surface area contributed by atoms with E-state index in [2.05, 4.69) is 116 Å². The number of aliphatic carboxylic acids is 1. The maximum Gasteiger partial charge on any atom is 0.303 e. The number of carbonyl (C=O) groups excluding carboxylic acids is 5. The second-order valence-electron chi connectivity index (χ2n) is 34.9. The van der Waals surface area contributed by atoms with Crippen LogP contribution < -0.4 is 5.32 Å². The Morgan fingerprint density at radius 2 is 0.659 bits per heavy atom. The van der Waals surface area contributed by atoms with Gasteiger partial charge in [0.15, 0.2) is 34.6 Å². The molecular weight excluding hydrogens is 1610 g/mol. The van der Waals surface area contributed by atoms with Gasteiger partial charge in [0, 0.05) is 86.4 Å². The van der Waals surface area contributed by atoms with Crippen LogP contribution in [0.1, 0.15) is 238 Å². The van der Waals surface area contributed by atoms with Crippen LogP contribution in [0.15, 0.2) is 181 Å². The Labute approximate surface area is 754 Å². The molecule has 24 heteroatoms. The maximum absolute atomic E-state index is 12.6. The van der Waals surface area contributed by atoms with Crippen LogP contribution in [0.4, 0.5) is 0 Å². The van der Waals surface area contributed by atoms with E-state index in [9.17, 15) is 54.3 Å². The van der Waals surface area contributed by atoms with E-state index in [1.807, 2.05) is 65.0 Å². The molecule has 15 unspecified atom stereocenters. The van der Waals surface area contributed by atoms with Crippen LogP contribution in [0.2, 0.25) is 0 Å². The molecule has 0 amide bonds. The minimum atomic E-state index is -0.920. The first-order valence-corrected chi connectivity index (χ1v) is 44.6. The number of hydrogen-bond acceptors (Lipinski definition) is 23. The summed E-state index contributed by atoms with van der Waals surface area (Å²) in [5.74, 6) is -2.35. The minimum Gasteiger partial charge on any atom is -0.496 e. The predicted molar refractivity (Wildman–Crippen MR) is 495 cm³/mol. The van der Waals surface area contributed by atoms with E-state index in [0.29, 0.717) is 50.0 Å². The molecule has 0 saturated carbocycles. The first-order chi connectivity index (χ1) is 59.6. The number of allylic oxidation sites excluding steroid dienone is 21. The van der Waals surface area contributed by atoms with Gasteiger partial charge in [0.05, 0.1) is 69.6 Å². The third-order valence-corrected chi connectivity index (χ3v) is 25.0. The molecule has 0 radical (unpaired) electrons.